The fraction of sp³-hybridized carbons (Fsp3) is 0.100. The second-order valence-corrected chi connectivity index (χ2v) is 7.46. The first kappa shape index (κ1) is 22.3. The average Bonchev–Trinajstić information content (AvgIpc) is 2.72. The van der Waals surface area contributed by atoms with Crippen LogP contribution in [0.2, 0.25) is 15.1 Å². The molecule has 0 bridgehead atoms. The fourth-order valence-corrected chi connectivity index (χ4v) is 3.04. The van der Waals surface area contributed by atoms with Crippen molar-refractivity contribution in [2.45, 2.75) is 11.5 Å². The zero-order valence-corrected chi connectivity index (χ0v) is 18.0. The molecule has 3 aromatic rings. The van der Waals surface area contributed by atoms with E-state index in [0.29, 0.717) is 0 Å². The van der Waals surface area contributed by atoms with E-state index in [1.165, 1.54) is 36.4 Å². The Bertz CT molecular complexity index is 933. The molecule has 6 nitrogen and oxygen atoms in total. The van der Waals surface area contributed by atoms with Gasteiger partial charge in [0.2, 0.25) is 0 Å². The third-order valence-corrected chi connectivity index (χ3v) is 5.11. The number of rotatable bonds is 8. The smallest absolute Gasteiger partial charge is 0.413 e. The quantitative estimate of drug-likeness (QED) is 0.116. The number of benzene rings is 3. The molecule has 0 heterocycles. The van der Waals surface area contributed by atoms with Gasteiger partial charge in [-0.15, -0.1) is 0 Å². The lowest BCUT2D eigenvalue weighted by molar-refractivity contribution is -0.550. The summed E-state index contributed by atoms with van der Waals surface area (Å²) < 4.78 is 17.4. The van der Waals surface area contributed by atoms with E-state index >= 15 is 0 Å². The molecule has 0 fully saturated rings. The van der Waals surface area contributed by atoms with Gasteiger partial charge in [-0.3, -0.25) is 10.1 Å². The molecule has 0 spiro atoms. The molecule has 0 aliphatic heterocycles. The van der Waals surface area contributed by atoms with Crippen LogP contribution in [0, 0.1) is 10.1 Å². The minimum atomic E-state index is -2.52. The molecule has 0 saturated carbocycles. The molecule has 156 valence electrons. The topological polar surface area (TPSA) is 70.8 Å². The van der Waals surface area contributed by atoms with Crippen molar-refractivity contribution >= 4 is 46.4 Å². The molecule has 0 amide bonds. The Morgan fingerprint density at radius 1 is 0.700 bits per heavy atom. The van der Waals surface area contributed by atoms with Crippen molar-refractivity contribution in [3.05, 3.63) is 98.0 Å². The van der Waals surface area contributed by atoms with Crippen LogP contribution in [0.15, 0.2) is 72.8 Å². The first-order chi connectivity index (χ1) is 14.3. The lowest BCUT2D eigenvalue weighted by atomic mass is 10.3. The second-order valence-electron chi connectivity index (χ2n) is 5.82. The Kier molecular flexibility index (Phi) is 7.15. The molecule has 0 radical (unpaired) electrons. The molecule has 1 unspecified atom stereocenters. The second kappa shape index (κ2) is 9.62. The van der Waals surface area contributed by atoms with Crippen molar-refractivity contribution in [3.8, 4) is 17.2 Å². The molecular weight excluding hydrogens is 476 g/mol. The number of para-hydroxylation sites is 3. The summed E-state index contributed by atoms with van der Waals surface area (Å²) in [4.78, 5) is 10.9. The van der Waals surface area contributed by atoms with Gasteiger partial charge in [0.05, 0.1) is 20.0 Å². The van der Waals surface area contributed by atoms with Gasteiger partial charge in [-0.2, -0.15) is 0 Å². The van der Waals surface area contributed by atoms with E-state index in [-0.39, 0.29) is 32.3 Å². The predicted molar refractivity (Wildman–Crippen MR) is 116 cm³/mol. The van der Waals surface area contributed by atoms with Crippen molar-refractivity contribution in [2.24, 2.45) is 0 Å². The van der Waals surface area contributed by atoms with Gasteiger partial charge >= 0.3 is 11.5 Å². The van der Waals surface area contributed by atoms with Crippen molar-refractivity contribution in [1.82, 2.24) is 0 Å². The normalized spacial score (nSPS) is 12.1. The van der Waals surface area contributed by atoms with Gasteiger partial charge in [-0.1, -0.05) is 71.2 Å². The van der Waals surface area contributed by atoms with E-state index in [0.717, 1.165) is 0 Å². The third-order valence-electron chi connectivity index (χ3n) is 3.74. The highest BCUT2D eigenvalue weighted by atomic mass is 35.5. The zero-order valence-electron chi connectivity index (χ0n) is 15.0. The molecule has 3 aromatic carbocycles. The molecule has 0 aromatic heterocycles. The van der Waals surface area contributed by atoms with Crippen LogP contribution < -0.4 is 14.2 Å². The summed E-state index contributed by atoms with van der Waals surface area (Å²) in [5.74, 6) is -2.42. The Labute approximate surface area is 191 Å². The lowest BCUT2D eigenvalue weighted by Gasteiger charge is -2.33. The predicted octanol–water partition coefficient (Wildman–Crippen LogP) is 6.68. The first-order valence-electron chi connectivity index (χ1n) is 8.40. The highest BCUT2D eigenvalue weighted by Crippen LogP contribution is 2.38. The van der Waals surface area contributed by atoms with E-state index in [4.69, 9.17) is 60.6 Å². The number of hydrogen-bond acceptors (Lipinski definition) is 5. The largest absolute Gasteiger partial charge is 0.506 e. The molecule has 10 heteroatoms. The molecule has 0 N–H and O–H groups in total. The Balaban J connectivity index is 2.16. The van der Waals surface area contributed by atoms with Crippen LogP contribution in [0.3, 0.4) is 0 Å². The van der Waals surface area contributed by atoms with E-state index in [1.54, 1.807) is 36.4 Å². The van der Waals surface area contributed by atoms with Gasteiger partial charge in [0.25, 0.3) is 0 Å². The third kappa shape index (κ3) is 5.02. The van der Waals surface area contributed by atoms with Crippen molar-refractivity contribution in [1.29, 1.82) is 0 Å². The molecule has 0 aliphatic rings. The molecular formula is C20H13Cl4NO5. The minimum Gasteiger partial charge on any atom is -0.413 e. The van der Waals surface area contributed by atoms with Gasteiger partial charge in [0.1, 0.15) is 17.2 Å². The van der Waals surface area contributed by atoms with E-state index < -0.39 is 16.4 Å². The first-order valence-corrected chi connectivity index (χ1v) is 9.97. The van der Waals surface area contributed by atoms with Gasteiger partial charge in [0, 0.05) is 0 Å². The summed E-state index contributed by atoms with van der Waals surface area (Å²) in [6, 6.07) is 18.9. The number of nitro groups is 1. The number of hydrogen-bond donors (Lipinski definition) is 0. The monoisotopic (exact) mass is 487 g/mol. The fourth-order valence-electron chi connectivity index (χ4n) is 2.38. The standard InChI is InChI=1S/C20H13Cl4NO5/c21-13-7-1-4-10-16(13)28-20(19(24)25(26)27,29-17-11-5-2-8-14(17)22)30-18-12-6-3-9-15(18)23/h1-12,19H. The van der Waals surface area contributed by atoms with Crippen LogP contribution >= 0.6 is 46.4 Å². The van der Waals surface area contributed by atoms with Crippen molar-refractivity contribution in [3.63, 3.8) is 0 Å². The van der Waals surface area contributed by atoms with E-state index in [9.17, 15) is 10.1 Å². The Morgan fingerprint density at radius 2 is 1.00 bits per heavy atom. The molecule has 30 heavy (non-hydrogen) atoms. The van der Waals surface area contributed by atoms with Crippen LogP contribution in [-0.4, -0.2) is 16.4 Å². The Morgan fingerprint density at radius 3 is 1.27 bits per heavy atom. The average molecular weight is 489 g/mol. The highest BCUT2D eigenvalue weighted by Gasteiger charge is 2.56. The molecule has 0 aliphatic carbocycles. The van der Waals surface area contributed by atoms with E-state index in [2.05, 4.69) is 0 Å². The summed E-state index contributed by atoms with van der Waals surface area (Å²) in [6.45, 7) is 0. The maximum Gasteiger partial charge on any atom is 0.506 e. The maximum absolute atomic E-state index is 11.7. The summed E-state index contributed by atoms with van der Waals surface area (Å²) in [5, 5.41) is 12.2. The number of nitrogens with zero attached hydrogens (tertiary/aromatic N) is 1. The molecule has 3 rings (SSSR count). The zero-order chi connectivity index (χ0) is 21.7. The number of alkyl halides is 1. The SMILES string of the molecule is O=[N+]([O-])C(Cl)C(Oc1ccccc1Cl)(Oc1ccccc1Cl)Oc1ccccc1Cl. The Hall–Kier alpha value is -2.38. The maximum atomic E-state index is 11.7. The van der Waals surface area contributed by atoms with Gasteiger partial charge in [0.15, 0.2) is 0 Å². The van der Waals surface area contributed by atoms with Crippen molar-refractivity contribution < 1.29 is 19.1 Å². The van der Waals surface area contributed by atoms with Crippen LogP contribution in [0.5, 0.6) is 17.2 Å². The number of halogens is 4. The van der Waals surface area contributed by atoms with Gasteiger partial charge in [-0.05, 0) is 48.0 Å². The van der Waals surface area contributed by atoms with Crippen LogP contribution in [-0.2, 0) is 0 Å². The summed E-state index contributed by atoms with van der Waals surface area (Å²) in [6.07, 6.45) is 0. The highest BCUT2D eigenvalue weighted by molar-refractivity contribution is 6.32. The van der Waals surface area contributed by atoms with Crippen LogP contribution in [0.25, 0.3) is 0 Å². The number of ether oxygens (including phenoxy) is 3. The summed E-state index contributed by atoms with van der Waals surface area (Å²) in [5.41, 5.74) is -2.05. The van der Waals surface area contributed by atoms with Crippen LogP contribution in [0.1, 0.15) is 0 Å². The van der Waals surface area contributed by atoms with Gasteiger partial charge < -0.3 is 14.2 Å². The van der Waals surface area contributed by atoms with Crippen LogP contribution in [0.4, 0.5) is 0 Å². The summed E-state index contributed by atoms with van der Waals surface area (Å²) >= 11 is 24.7. The van der Waals surface area contributed by atoms with E-state index in [1.807, 2.05) is 0 Å². The minimum absolute atomic E-state index is 0.0331. The summed E-state index contributed by atoms with van der Waals surface area (Å²) in [7, 11) is 0. The van der Waals surface area contributed by atoms with Crippen molar-refractivity contribution in [2.75, 3.05) is 0 Å². The van der Waals surface area contributed by atoms with Gasteiger partial charge in [-0.25, -0.2) is 0 Å². The molecule has 1 atom stereocenters. The lowest BCUT2D eigenvalue weighted by Crippen LogP contribution is -2.58. The molecule has 0 saturated heterocycles.